The van der Waals surface area contributed by atoms with Crippen molar-refractivity contribution in [2.45, 2.75) is 37.1 Å². The quantitative estimate of drug-likeness (QED) is 0.0363. The minimum absolute atomic E-state index is 0.0488. The Hall–Kier alpha value is -5.19. The second kappa shape index (κ2) is 16.6. The number of amides is 2. The van der Waals surface area contributed by atoms with E-state index in [1.54, 1.807) is 60.7 Å². The van der Waals surface area contributed by atoms with Crippen LogP contribution in [0.1, 0.15) is 39.3 Å². The van der Waals surface area contributed by atoms with Crippen molar-refractivity contribution < 1.29 is 22.8 Å². The third-order valence-electron chi connectivity index (χ3n) is 7.07. The van der Waals surface area contributed by atoms with Gasteiger partial charge < -0.3 is 27.8 Å². The number of Topliss-reactive ketones (excluding diaryl/α,β-unsaturated/α-hetero) is 1. The molecule has 0 aliphatic heterocycles. The molecule has 4 aromatic rings. The molecule has 0 saturated heterocycles. The monoisotopic (exact) mass is 691 g/mol. The van der Waals surface area contributed by atoms with Crippen LogP contribution < -0.4 is 32.6 Å². The number of guanidine groups is 1. The highest BCUT2D eigenvalue weighted by Gasteiger charge is 2.28. The zero-order chi connectivity index (χ0) is 34.7. The van der Waals surface area contributed by atoms with Gasteiger partial charge in [0.15, 0.2) is 11.0 Å². The number of hydrogen-bond donors (Lipinski definition) is 7. The number of fused-ring (bicyclic) bond motifs is 1. The molecular weight excluding hydrogens is 655 g/mol. The van der Waals surface area contributed by atoms with Gasteiger partial charge in [-0.15, -0.1) is 11.3 Å². The summed E-state index contributed by atoms with van der Waals surface area (Å²) in [5.74, 6) is -2.42. The third-order valence-corrected chi connectivity index (χ3v) is 9.48. The van der Waals surface area contributed by atoms with E-state index in [1.807, 2.05) is 18.2 Å². The van der Waals surface area contributed by atoms with Gasteiger partial charge in [-0.2, -0.15) is 0 Å². The number of sulfonamides is 1. The van der Waals surface area contributed by atoms with Crippen LogP contribution in [-0.4, -0.2) is 68.0 Å². The molecule has 10 N–H and O–H groups in total. The molecule has 1 heterocycles. The van der Waals surface area contributed by atoms with Crippen LogP contribution in [0.15, 0.2) is 83.9 Å². The molecule has 0 radical (unpaired) electrons. The average Bonchev–Trinajstić information content (AvgIpc) is 3.49. The standard InChI is InChI=1S/C32H37N9O5S2/c33-29(34)22-14-12-20(13-15-22)17-25(28(43)31-40-23-9-4-5-11-26(23)47-31)39-27(42)18-38-30(44)24(10-6-16-37-32(35)36)41-48(45,46)19-21-7-2-1-3-8-21/h1-5,7-9,11-15,24-25,41H,6,10,16-19H2,(H3,33,34)(H,38,44)(H,39,42)(H4,35,36,37)/t24-,25+/m1/s1. The number of nitrogen functional groups attached to an aromatic ring is 1. The topological polar surface area (TPSA) is 249 Å². The van der Waals surface area contributed by atoms with Gasteiger partial charge in [-0.25, -0.2) is 18.1 Å². The Morgan fingerprint density at radius 2 is 1.58 bits per heavy atom. The van der Waals surface area contributed by atoms with Crippen molar-refractivity contribution in [2.24, 2.45) is 22.2 Å². The molecule has 0 saturated carbocycles. The second-order valence-electron chi connectivity index (χ2n) is 10.9. The molecule has 14 nitrogen and oxygen atoms in total. The highest BCUT2D eigenvalue weighted by Crippen LogP contribution is 2.23. The smallest absolute Gasteiger partial charge is 0.240 e. The van der Waals surface area contributed by atoms with Gasteiger partial charge in [-0.05, 0) is 36.1 Å². The molecule has 2 atom stereocenters. The van der Waals surface area contributed by atoms with Crippen molar-refractivity contribution in [3.63, 3.8) is 0 Å². The zero-order valence-electron chi connectivity index (χ0n) is 25.9. The fourth-order valence-corrected chi connectivity index (χ4v) is 7.06. The van der Waals surface area contributed by atoms with Crippen LogP contribution >= 0.6 is 11.3 Å². The number of thiazole rings is 1. The number of rotatable bonds is 17. The first-order valence-electron chi connectivity index (χ1n) is 14.9. The molecular formula is C32H37N9O5S2. The average molecular weight is 692 g/mol. The number of nitrogens with one attached hydrogen (secondary N) is 4. The van der Waals surface area contributed by atoms with Gasteiger partial charge in [-0.3, -0.25) is 24.8 Å². The molecule has 1 aromatic heterocycles. The van der Waals surface area contributed by atoms with Gasteiger partial charge in [0.2, 0.25) is 27.6 Å². The molecule has 48 heavy (non-hydrogen) atoms. The number of carbonyl (C=O) groups is 3. The highest BCUT2D eigenvalue weighted by atomic mass is 32.2. The van der Waals surface area contributed by atoms with E-state index in [4.69, 9.17) is 22.6 Å². The van der Waals surface area contributed by atoms with E-state index in [0.29, 0.717) is 22.2 Å². The van der Waals surface area contributed by atoms with Gasteiger partial charge >= 0.3 is 0 Å². The summed E-state index contributed by atoms with van der Waals surface area (Å²) in [6.07, 6.45) is 0.420. The summed E-state index contributed by atoms with van der Waals surface area (Å²) < 4.78 is 29.1. The first-order chi connectivity index (χ1) is 22.9. The Labute approximate surface area is 281 Å². The summed E-state index contributed by atoms with van der Waals surface area (Å²) in [5.41, 5.74) is 18.7. The Morgan fingerprint density at radius 1 is 0.896 bits per heavy atom. The second-order valence-corrected chi connectivity index (χ2v) is 13.7. The van der Waals surface area contributed by atoms with E-state index >= 15 is 0 Å². The maximum absolute atomic E-state index is 13.7. The number of nitrogens with zero attached hydrogens (tertiary/aromatic N) is 2. The SMILES string of the molecule is N=C(N)c1ccc(C[C@H](NC(=O)CNC(=O)[C@@H](CCCN=C(N)N)NS(=O)(=O)Cc2ccccc2)C(=O)c2nc3ccccc3s2)cc1. The fraction of sp³-hybridized carbons (Fsp3) is 0.250. The molecule has 0 aliphatic rings. The van der Waals surface area contributed by atoms with Crippen LogP contribution in [0.3, 0.4) is 0 Å². The molecule has 16 heteroatoms. The van der Waals surface area contributed by atoms with Gasteiger partial charge in [0.25, 0.3) is 0 Å². The predicted octanol–water partition coefficient (Wildman–Crippen LogP) is 1.15. The Bertz CT molecular complexity index is 1860. The van der Waals surface area contributed by atoms with Crippen molar-refractivity contribution in [3.05, 3.63) is 101 Å². The number of benzene rings is 3. The van der Waals surface area contributed by atoms with Crippen LogP contribution in [0.25, 0.3) is 10.2 Å². The van der Waals surface area contributed by atoms with Crippen LogP contribution in [0.5, 0.6) is 0 Å². The lowest BCUT2D eigenvalue weighted by Gasteiger charge is -2.20. The van der Waals surface area contributed by atoms with E-state index in [0.717, 1.165) is 4.70 Å². The molecule has 0 bridgehead atoms. The summed E-state index contributed by atoms with van der Waals surface area (Å²) in [6.45, 7) is -0.369. The van der Waals surface area contributed by atoms with E-state index in [9.17, 15) is 22.8 Å². The van der Waals surface area contributed by atoms with Crippen molar-refractivity contribution in [1.29, 1.82) is 5.41 Å². The number of hydrogen-bond acceptors (Lipinski definition) is 9. The number of ketones is 1. The zero-order valence-corrected chi connectivity index (χ0v) is 27.5. The summed E-state index contributed by atoms with van der Waals surface area (Å²) in [6, 6.07) is 20.2. The molecule has 2 amide bonds. The van der Waals surface area contributed by atoms with Crippen molar-refractivity contribution >= 4 is 61.0 Å². The van der Waals surface area contributed by atoms with Gasteiger partial charge in [0.1, 0.15) is 11.9 Å². The Balaban J connectivity index is 1.46. The third kappa shape index (κ3) is 10.7. The van der Waals surface area contributed by atoms with Crippen LogP contribution in [0.2, 0.25) is 0 Å². The van der Waals surface area contributed by atoms with Crippen molar-refractivity contribution in [2.75, 3.05) is 13.1 Å². The summed E-state index contributed by atoms with van der Waals surface area (Å²) in [4.78, 5) is 48.4. The number of nitrogens with two attached hydrogens (primary N) is 3. The maximum Gasteiger partial charge on any atom is 0.240 e. The minimum atomic E-state index is -3.95. The minimum Gasteiger partial charge on any atom is -0.384 e. The first-order valence-corrected chi connectivity index (χ1v) is 17.4. The highest BCUT2D eigenvalue weighted by molar-refractivity contribution is 7.88. The van der Waals surface area contributed by atoms with E-state index in [1.165, 1.54) is 11.3 Å². The summed E-state index contributed by atoms with van der Waals surface area (Å²) in [5, 5.41) is 13.0. The van der Waals surface area contributed by atoms with E-state index in [-0.39, 0.29) is 48.4 Å². The summed E-state index contributed by atoms with van der Waals surface area (Å²) in [7, 11) is -3.95. The molecule has 0 aliphatic carbocycles. The Morgan fingerprint density at radius 3 is 2.25 bits per heavy atom. The van der Waals surface area contributed by atoms with Crippen LogP contribution in [-0.2, 0) is 31.8 Å². The van der Waals surface area contributed by atoms with E-state index in [2.05, 4.69) is 25.3 Å². The van der Waals surface area contributed by atoms with Crippen LogP contribution in [0, 0.1) is 5.41 Å². The lowest BCUT2D eigenvalue weighted by molar-refractivity contribution is -0.127. The maximum atomic E-state index is 13.7. The van der Waals surface area contributed by atoms with Gasteiger partial charge in [0, 0.05) is 18.5 Å². The number of aliphatic imine (C=N–C) groups is 1. The molecule has 3 aromatic carbocycles. The van der Waals surface area contributed by atoms with Gasteiger partial charge in [0.05, 0.1) is 28.6 Å². The number of carbonyl (C=O) groups excluding carboxylic acids is 3. The lowest BCUT2D eigenvalue weighted by atomic mass is 10.0. The molecule has 0 fully saturated rings. The van der Waals surface area contributed by atoms with Gasteiger partial charge in [-0.1, -0.05) is 66.7 Å². The molecule has 0 unspecified atom stereocenters. The molecule has 252 valence electrons. The lowest BCUT2D eigenvalue weighted by Crippen LogP contribution is -2.51. The summed E-state index contributed by atoms with van der Waals surface area (Å²) >= 11 is 1.20. The normalized spacial score (nSPS) is 12.5. The Kier molecular flexibility index (Phi) is 12.3. The molecule has 0 spiro atoms. The fourth-order valence-electron chi connectivity index (χ4n) is 4.73. The number of para-hydroxylation sites is 1. The molecule has 4 rings (SSSR count). The van der Waals surface area contributed by atoms with Crippen LogP contribution in [0.4, 0.5) is 0 Å². The van der Waals surface area contributed by atoms with Crippen molar-refractivity contribution in [3.8, 4) is 0 Å². The largest absolute Gasteiger partial charge is 0.384 e. The predicted molar refractivity (Wildman–Crippen MR) is 186 cm³/mol. The van der Waals surface area contributed by atoms with E-state index < -0.39 is 46.2 Å². The first kappa shape index (κ1) is 35.7. The van der Waals surface area contributed by atoms with Crippen molar-refractivity contribution in [1.82, 2.24) is 20.3 Å². The number of aromatic nitrogens is 1. The number of amidine groups is 1.